The molecule has 1 aromatic carbocycles. The van der Waals surface area contributed by atoms with Gasteiger partial charge >= 0.3 is 0 Å². The first-order valence-corrected chi connectivity index (χ1v) is 12.3. The predicted octanol–water partition coefficient (Wildman–Crippen LogP) is 3.81. The van der Waals surface area contributed by atoms with Gasteiger partial charge in [0.15, 0.2) is 0 Å². The lowest BCUT2D eigenvalue weighted by molar-refractivity contribution is 0.0483. The van der Waals surface area contributed by atoms with Crippen molar-refractivity contribution in [3.8, 4) is 0 Å². The molecule has 5 rings (SSSR count). The molecule has 160 valence electrons. The lowest BCUT2D eigenvalue weighted by Gasteiger charge is -2.53. The Labute approximate surface area is 184 Å². The quantitative estimate of drug-likeness (QED) is 0.661. The zero-order valence-electron chi connectivity index (χ0n) is 17.1. The van der Waals surface area contributed by atoms with Gasteiger partial charge in [-0.3, -0.25) is 4.68 Å². The molecule has 3 heterocycles. The Kier molecular flexibility index (Phi) is 5.11. The van der Waals surface area contributed by atoms with E-state index in [1.54, 1.807) is 6.26 Å². The van der Waals surface area contributed by atoms with Crippen LogP contribution in [0.4, 0.5) is 17.1 Å². The van der Waals surface area contributed by atoms with Crippen LogP contribution in [0.1, 0.15) is 37.3 Å². The summed E-state index contributed by atoms with van der Waals surface area (Å²) in [6.07, 6.45) is 11.5. The summed E-state index contributed by atoms with van der Waals surface area (Å²) in [5, 5.41) is 16.3. The Balaban J connectivity index is 1.32. The molecule has 1 spiro atoms. The lowest BCUT2D eigenvalue weighted by atomic mass is 9.73. The van der Waals surface area contributed by atoms with E-state index in [1.807, 2.05) is 27.4 Å². The van der Waals surface area contributed by atoms with E-state index in [2.05, 4.69) is 21.4 Å². The van der Waals surface area contributed by atoms with Crippen LogP contribution in [0.15, 0.2) is 24.5 Å². The number of anilines is 3. The zero-order chi connectivity index (χ0) is 20.9. The fraction of sp³-hybridized carbons (Fsp3) is 0.524. The first-order valence-electron chi connectivity index (χ1n) is 10.4. The first-order chi connectivity index (χ1) is 14.5. The normalized spacial score (nSPS) is 22.0. The van der Waals surface area contributed by atoms with Crippen LogP contribution in [0.5, 0.6) is 0 Å². The van der Waals surface area contributed by atoms with Crippen LogP contribution in [0.2, 0.25) is 5.02 Å². The average Bonchev–Trinajstić information content (AvgIpc) is 3.46. The van der Waals surface area contributed by atoms with Gasteiger partial charge in [-0.05, 0) is 37.8 Å². The molecule has 1 unspecified atom stereocenters. The van der Waals surface area contributed by atoms with Crippen molar-refractivity contribution in [2.75, 3.05) is 42.7 Å². The number of rotatable bonds is 6. The van der Waals surface area contributed by atoms with Gasteiger partial charge in [0.1, 0.15) is 0 Å². The van der Waals surface area contributed by atoms with Gasteiger partial charge in [-0.1, -0.05) is 11.6 Å². The number of halogens is 1. The molecule has 0 amide bonds. The van der Waals surface area contributed by atoms with Gasteiger partial charge in [0.25, 0.3) is 0 Å². The third kappa shape index (κ3) is 3.76. The van der Waals surface area contributed by atoms with Crippen LogP contribution in [-0.4, -0.2) is 56.9 Å². The number of nitrogens with zero attached hydrogens (tertiary/aromatic N) is 4. The van der Waals surface area contributed by atoms with Gasteiger partial charge < -0.3 is 15.6 Å². The maximum absolute atomic E-state index is 11.7. The highest BCUT2D eigenvalue weighted by molar-refractivity contribution is 7.81. The monoisotopic (exact) mass is 446 g/mol. The van der Waals surface area contributed by atoms with Crippen LogP contribution in [0.25, 0.3) is 0 Å². The van der Waals surface area contributed by atoms with Crippen molar-refractivity contribution in [3.05, 3.63) is 35.1 Å². The number of hydrogen-bond acceptors (Lipinski definition) is 5. The minimum atomic E-state index is -0.861. The van der Waals surface area contributed by atoms with Crippen molar-refractivity contribution < 1.29 is 4.21 Å². The number of benzene rings is 1. The number of hydrogen-bond donors (Lipinski definition) is 2. The fourth-order valence-corrected chi connectivity index (χ4v) is 5.77. The Morgan fingerprint density at radius 1 is 1.30 bits per heavy atom. The molecule has 3 aliphatic rings. The van der Waals surface area contributed by atoms with Gasteiger partial charge in [0.2, 0.25) is 0 Å². The van der Waals surface area contributed by atoms with Gasteiger partial charge in [0, 0.05) is 61.5 Å². The minimum absolute atomic E-state index is 0.308. The van der Waals surface area contributed by atoms with Gasteiger partial charge in [-0.2, -0.15) is 5.10 Å². The molecule has 0 bridgehead atoms. The Hall–Kier alpha value is -1.90. The molecule has 1 aromatic heterocycles. The molecule has 2 N–H and O–H groups in total. The van der Waals surface area contributed by atoms with E-state index in [4.69, 9.17) is 17.0 Å². The van der Waals surface area contributed by atoms with Crippen LogP contribution < -0.4 is 10.2 Å². The van der Waals surface area contributed by atoms with E-state index >= 15 is 0 Å². The molecule has 2 aromatic rings. The second-order valence-electron chi connectivity index (χ2n) is 8.81. The third-order valence-electron chi connectivity index (χ3n) is 6.63. The van der Waals surface area contributed by atoms with E-state index in [0.717, 1.165) is 61.6 Å². The molecule has 7 nitrogen and oxygen atoms in total. The SMILES string of the molecule is CS(=O)N1CC2(CCN(c3cc(Nc4cnn(C5CC5)c4)c(C=N)cc3Cl)CC2)C1. The minimum Gasteiger partial charge on any atom is -0.370 e. The molecule has 3 fully saturated rings. The summed E-state index contributed by atoms with van der Waals surface area (Å²) >= 11 is 6.62. The molecule has 9 heteroatoms. The number of nitrogens with one attached hydrogen (secondary N) is 2. The third-order valence-corrected chi connectivity index (χ3v) is 7.92. The van der Waals surface area contributed by atoms with Gasteiger partial charge in [-0.25, -0.2) is 8.51 Å². The molecular weight excluding hydrogens is 420 g/mol. The summed E-state index contributed by atoms with van der Waals surface area (Å²) < 4.78 is 15.7. The van der Waals surface area contributed by atoms with Crippen molar-refractivity contribution in [2.24, 2.45) is 5.41 Å². The Bertz CT molecular complexity index is 987. The van der Waals surface area contributed by atoms with Crippen molar-refractivity contribution in [1.82, 2.24) is 14.1 Å². The van der Waals surface area contributed by atoms with E-state index in [0.29, 0.717) is 16.5 Å². The maximum atomic E-state index is 11.7. The molecular formula is C21H27ClN6OS. The summed E-state index contributed by atoms with van der Waals surface area (Å²) in [6.45, 7) is 3.74. The summed E-state index contributed by atoms with van der Waals surface area (Å²) in [7, 11) is -0.861. The highest BCUT2D eigenvalue weighted by Gasteiger charge is 2.46. The second-order valence-corrected chi connectivity index (χ2v) is 10.6. The van der Waals surface area contributed by atoms with Crippen molar-refractivity contribution in [1.29, 1.82) is 5.41 Å². The van der Waals surface area contributed by atoms with Crippen molar-refractivity contribution in [2.45, 2.75) is 31.7 Å². The van der Waals surface area contributed by atoms with E-state index < -0.39 is 11.0 Å². The molecule has 2 aliphatic heterocycles. The van der Waals surface area contributed by atoms with E-state index in [1.165, 1.54) is 19.1 Å². The molecule has 30 heavy (non-hydrogen) atoms. The summed E-state index contributed by atoms with van der Waals surface area (Å²) in [4.78, 5) is 2.34. The maximum Gasteiger partial charge on any atom is 0.0911 e. The highest BCUT2D eigenvalue weighted by atomic mass is 35.5. The predicted molar refractivity (Wildman–Crippen MR) is 123 cm³/mol. The van der Waals surface area contributed by atoms with Gasteiger partial charge in [-0.15, -0.1) is 0 Å². The van der Waals surface area contributed by atoms with Crippen LogP contribution in [0.3, 0.4) is 0 Å². The van der Waals surface area contributed by atoms with Crippen molar-refractivity contribution >= 4 is 45.9 Å². The summed E-state index contributed by atoms with van der Waals surface area (Å²) in [5.41, 5.74) is 3.87. The van der Waals surface area contributed by atoms with Crippen LogP contribution in [0, 0.1) is 10.8 Å². The largest absolute Gasteiger partial charge is 0.370 e. The topological polar surface area (TPSA) is 77.2 Å². The van der Waals surface area contributed by atoms with Gasteiger partial charge in [0.05, 0.1) is 39.6 Å². The highest BCUT2D eigenvalue weighted by Crippen LogP contribution is 2.43. The standard InChI is InChI=1S/C21H27ClN6OS/c1-30(29)27-13-21(14-27)4-6-26(7-5-21)20-9-19(15(10-23)8-18(20)22)25-16-11-24-28(12-16)17-2-3-17/h8-12,17,23,25H,2-7,13-14H2,1H3. The molecule has 2 saturated heterocycles. The fourth-order valence-electron chi connectivity index (χ4n) is 4.57. The number of aromatic nitrogens is 2. The molecule has 0 radical (unpaired) electrons. The average molecular weight is 447 g/mol. The number of piperidine rings is 1. The van der Waals surface area contributed by atoms with Crippen LogP contribution in [-0.2, 0) is 11.0 Å². The molecule has 1 aliphatic carbocycles. The summed E-state index contributed by atoms with van der Waals surface area (Å²) in [6, 6.07) is 4.47. The molecule has 1 saturated carbocycles. The lowest BCUT2D eigenvalue weighted by Crippen LogP contribution is -2.60. The summed E-state index contributed by atoms with van der Waals surface area (Å²) in [5.74, 6) is 0. The zero-order valence-corrected chi connectivity index (χ0v) is 18.7. The Morgan fingerprint density at radius 2 is 2.03 bits per heavy atom. The van der Waals surface area contributed by atoms with E-state index in [-0.39, 0.29) is 0 Å². The first kappa shape index (κ1) is 20.0. The second kappa shape index (κ2) is 7.66. The molecule has 1 atom stereocenters. The van der Waals surface area contributed by atoms with Crippen molar-refractivity contribution in [3.63, 3.8) is 0 Å². The van der Waals surface area contributed by atoms with Crippen LogP contribution >= 0.6 is 11.6 Å². The smallest absolute Gasteiger partial charge is 0.0911 e. The Morgan fingerprint density at radius 3 is 2.67 bits per heavy atom. The van der Waals surface area contributed by atoms with E-state index in [9.17, 15) is 4.21 Å².